The predicted molar refractivity (Wildman–Crippen MR) is 78.1 cm³/mol. The number of phenols is 1. The number of hydrogen-bond acceptors (Lipinski definition) is 3. The summed E-state index contributed by atoms with van der Waals surface area (Å²) in [6.45, 7) is -0.0624. The minimum absolute atomic E-state index is 0.0624. The van der Waals surface area contributed by atoms with Gasteiger partial charge in [-0.2, -0.15) is 0 Å². The Bertz CT molecular complexity index is 618. The number of phenolic OH excluding ortho intramolecular Hbond substituents is 1. The highest BCUT2D eigenvalue weighted by molar-refractivity contribution is 6.01. The van der Waals surface area contributed by atoms with Crippen LogP contribution in [0.2, 0.25) is 0 Å². The van der Waals surface area contributed by atoms with Crippen LogP contribution in [-0.2, 0) is 11.4 Å². The zero-order valence-corrected chi connectivity index (χ0v) is 10.8. The van der Waals surface area contributed by atoms with E-state index in [-0.39, 0.29) is 18.3 Å². The second-order valence-corrected chi connectivity index (χ2v) is 4.27. The minimum atomic E-state index is -0.256. The van der Waals surface area contributed by atoms with Crippen molar-refractivity contribution >= 4 is 17.7 Å². The fraction of sp³-hybridized carbons (Fsp3) is 0.0625. The van der Waals surface area contributed by atoms with Crippen molar-refractivity contribution in [2.24, 2.45) is 0 Å². The summed E-state index contributed by atoms with van der Waals surface area (Å²) in [4.78, 5) is 11.7. The maximum Gasteiger partial charge on any atom is 0.248 e. The molecule has 0 aliphatic heterocycles. The van der Waals surface area contributed by atoms with Gasteiger partial charge in [0.2, 0.25) is 5.91 Å². The molecule has 0 bridgehead atoms. The first kappa shape index (κ1) is 13.8. The van der Waals surface area contributed by atoms with Crippen LogP contribution in [0.5, 0.6) is 5.75 Å². The van der Waals surface area contributed by atoms with Crippen molar-refractivity contribution in [2.75, 3.05) is 5.32 Å². The molecule has 20 heavy (non-hydrogen) atoms. The van der Waals surface area contributed by atoms with Crippen LogP contribution in [0.25, 0.3) is 6.08 Å². The lowest BCUT2D eigenvalue weighted by molar-refractivity contribution is -0.111. The molecule has 0 radical (unpaired) electrons. The van der Waals surface area contributed by atoms with Gasteiger partial charge in [-0.1, -0.05) is 24.3 Å². The molecule has 0 heterocycles. The molecular weight excluding hydrogens is 254 g/mol. The van der Waals surface area contributed by atoms with Crippen LogP contribution in [0.3, 0.4) is 0 Å². The van der Waals surface area contributed by atoms with Crippen LogP contribution in [0.4, 0.5) is 5.69 Å². The number of carbonyl (C=O) groups is 1. The van der Waals surface area contributed by atoms with Crippen LogP contribution >= 0.6 is 0 Å². The van der Waals surface area contributed by atoms with Crippen LogP contribution < -0.4 is 5.32 Å². The molecule has 0 aliphatic rings. The molecule has 0 saturated heterocycles. The SMILES string of the molecule is O=C(/C=C/c1ccc(O)cc1)Nc1cccc(CO)c1. The van der Waals surface area contributed by atoms with Gasteiger partial charge < -0.3 is 15.5 Å². The van der Waals surface area contributed by atoms with E-state index in [1.54, 1.807) is 54.6 Å². The summed E-state index contributed by atoms with van der Waals surface area (Å²) in [5.41, 5.74) is 2.20. The van der Waals surface area contributed by atoms with E-state index in [1.165, 1.54) is 6.08 Å². The molecule has 0 spiro atoms. The highest BCUT2D eigenvalue weighted by Crippen LogP contribution is 2.12. The molecule has 3 N–H and O–H groups in total. The predicted octanol–water partition coefficient (Wildman–Crippen LogP) is 2.54. The Morgan fingerprint density at radius 1 is 1.15 bits per heavy atom. The number of anilines is 1. The van der Waals surface area contributed by atoms with Gasteiger partial charge in [0, 0.05) is 11.8 Å². The third-order valence-electron chi connectivity index (χ3n) is 2.70. The first-order valence-corrected chi connectivity index (χ1v) is 6.15. The quantitative estimate of drug-likeness (QED) is 0.747. The Kier molecular flexibility index (Phi) is 4.52. The second-order valence-electron chi connectivity index (χ2n) is 4.27. The highest BCUT2D eigenvalue weighted by Gasteiger charge is 1.99. The number of aliphatic hydroxyl groups excluding tert-OH is 1. The number of aliphatic hydroxyl groups is 1. The van der Waals surface area contributed by atoms with Gasteiger partial charge in [-0.05, 0) is 41.5 Å². The van der Waals surface area contributed by atoms with Gasteiger partial charge in [-0.3, -0.25) is 4.79 Å². The van der Waals surface area contributed by atoms with Gasteiger partial charge in [0.15, 0.2) is 0 Å². The van der Waals surface area contributed by atoms with Crippen molar-refractivity contribution in [3.05, 3.63) is 65.7 Å². The number of amides is 1. The van der Waals surface area contributed by atoms with Crippen molar-refractivity contribution in [1.82, 2.24) is 0 Å². The number of hydrogen-bond donors (Lipinski definition) is 3. The first-order valence-electron chi connectivity index (χ1n) is 6.15. The summed E-state index contributed by atoms with van der Waals surface area (Å²) in [5.74, 6) is -0.0689. The van der Waals surface area contributed by atoms with E-state index in [2.05, 4.69) is 5.32 Å². The zero-order chi connectivity index (χ0) is 14.4. The van der Waals surface area contributed by atoms with E-state index in [1.807, 2.05) is 0 Å². The van der Waals surface area contributed by atoms with Crippen LogP contribution in [-0.4, -0.2) is 16.1 Å². The van der Waals surface area contributed by atoms with Gasteiger partial charge in [0.1, 0.15) is 5.75 Å². The van der Waals surface area contributed by atoms with E-state index in [0.717, 1.165) is 11.1 Å². The molecule has 102 valence electrons. The molecule has 0 unspecified atom stereocenters. The molecule has 4 nitrogen and oxygen atoms in total. The Balaban J connectivity index is 1.99. The Labute approximate surface area is 117 Å². The lowest BCUT2D eigenvalue weighted by atomic mass is 10.2. The summed E-state index contributed by atoms with van der Waals surface area (Å²) >= 11 is 0. The molecular formula is C16H15NO3. The number of aromatic hydroxyl groups is 1. The van der Waals surface area contributed by atoms with E-state index >= 15 is 0 Å². The molecule has 2 aromatic rings. The average Bonchev–Trinajstić information content (AvgIpc) is 2.47. The number of carbonyl (C=O) groups excluding carboxylic acids is 1. The Morgan fingerprint density at radius 3 is 2.60 bits per heavy atom. The van der Waals surface area contributed by atoms with Gasteiger partial charge in [0.25, 0.3) is 0 Å². The maximum atomic E-state index is 11.7. The van der Waals surface area contributed by atoms with Gasteiger partial charge >= 0.3 is 0 Å². The second kappa shape index (κ2) is 6.54. The van der Waals surface area contributed by atoms with E-state index < -0.39 is 0 Å². The largest absolute Gasteiger partial charge is 0.508 e. The Morgan fingerprint density at radius 2 is 1.90 bits per heavy atom. The molecule has 2 aromatic carbocycles. The third-order valence-corrected chi connectivity index (χ3v) is 2.70. The van der Waals surface area contributed by atoms with Gasteiger partial charge in [-0.25, -0.2) is 0 Å². The van der Waals surface area contributed by atoms with E-state index in [0.29, 0.717) is 5.69 Å². The van der Waals surface area contributed by atoms with Crippen molar-refractivity contribution in [1.29, 1.82) is 0 Å². The number of rotatable bonds is 4. The molecule has 4 heteroatoms. The lowest BCUT2D eigenvalue weighted by Crippen LogP contribution is -2.07. The van der Waals surface area contributed by atoms with Crippen molar-refractivity contribution in [2.45, 2.75) is 6.61 Å². The van der Waals surface area contributed by atoms with Crippen molar-refractivity contribution in [3.8, 4) is 5.75 Å². The number of benzene rings is 2. The molecule has 0 aliphatic carbocycles. The summed E-state index contributed by atoms with van der Waals surface area (Å²) < 4.78 is 0. The van der Waals surface area contributed by atoms with Crippen molar-refractivity contribution in [3.63, 3.8) is 0 Å². The summed E-state index contributed by atoms with van der Waals surface area (Å²) in [6, 6.07) is 13.6. The molecule has 0 atom stereocenters. The molecule has 1 amide bonds. The summed E-state index contributed by atoms with van der Waals surface area (Å²) in [6.07, 6.45) is 3.07. The summed E-state index contributed by atoms with van der Waals surface area (Å²) in [7, 11) is 0. The number of nitrogens with one attached hydrogen (secondary N) is 1. The van der Waals surface area contributed by atoms with Crippen LogP contribution in [0, 0.1) is 0 Å². The maximum absolute atomic E-state index is 11.7. The highest BCUT2D eigenvalue weighted by atomic mass is 16.3. The average molecular weight is 269 g/mol. The fourth-order valence-corrected chi connectivity index (χ4v) is 1.69. The minimum Gasteiger partial charge on any atom is -0.508 e. The van der Waals surface area contributed by atoms with Gasteiger partial charge in [0.05, 0.1) is 6.61 Å². The van der Waals surface area contributed by atoms with Gasteiger partial charge in [-0.15, -0.1) is 0 Å². The smallest absolute Gasteiger partial charge is 0.248 e. The van der Waals surface area contributed by atoms with Crippen molar-refractivity contribution < 1.29 is 15.0 Å². The van der Waals surface area contributed by atoms with E-state index in [9.17, 15) is 4.79 Å². The normalized spacial score (nSPS) is 10.7. The molecule has 0 saturated carbocycles. The van der Waals surface area contributed by atoms with Crippen LogP contribution in [0.1, 0.15) is 11.1 Å². The molecule has 0 aromatic heterocycles. The fourth-order valence-electron chi connectivity index (χ4n) is 1.69. The topological polar surface area (TPSA) is 69.6 Å². The zero-order valence-electron chi connectivity index (χ0n) is 10.8. The Hall–Kier alpha value is -2.59. The lowest BCUT2D eigenvalue weighted by Gasteiger charge is -2.03. The standard InChI is InChI=1S/C16H15NO3/c18-11-13-2-1-3-14(10-13)17-16(20)9-6-12-4-7-15(19)8-5-12/h1-10,18-19H,11H2,(H,17,20)/b9-6+. The first-order chi connectivity index (χ1) is 9.67. The monoisotopic (exact) mass is 269 g/mol. The third kappa shape index (κ3) is 3.96. The van der Waals surface area contributed by atoms with Crippen LogP contribution in [0.15, 0.2) is 54.6 Å². The molecule has 2 rings (SSSR count). The molecule has 0 fully saturated rings. The van der Waals surface area contributed by atoms with E-state index in [4.69, 9.17) is 10.2 Å². The summed E-state index contributed by atoms with van der Waals surface area (Å²) in [5, 5.41) is 20.9.